The summed E-state index contributed by atoms with van der Waals surface area (Å²) in [6, 6.07) is 0.761. The van der Waals surface area contributed by atoms with Gasteiger partial charge in [0.05, 0.1) is 0 Å². The van der Waals surface area contributed by atoms with Gasteiger partial charge < -0.3 is 15.7 Å². The summed E-state index contributed by atoms with van der Waals surface area (Å²) in [5.74, 6) is 0. The van der Waals surface area contributed by atoms with Crippen LogP contribution in [0.1, 0.15) is 44.9 Å². The summed E-state index contributed by atoms with van der Waals surface area (Å²) in [6.07, 6.45) is 8.84. The Kier molecular flexibility index (Phi) is 6.98. The molecule has 0 bridgehead atoms. The number of hydrogen-bond donors (Lipinski definition) is 2. The summed E-state index contributed by atoms with van der Waals surface area (Å²) >= 11 is 0. The molecule has 1 saturated carbocycles. The Labute approximate surface area is 93.6 Å². The number of nitrogens with zero attached hydrogens (tertiary/aromatic N) is 1. The first-order valence-electron chi connectivity index (χ1n) is 6.43. The molecule has 0 radical (unpaired) electrons. The lowest BCUT2D eigenvalue weighted by atomic mass is 9.94. The summed E-state index contributed by atoms with van der Waals surface area (Å²) in [7, 11) is 0. The van der Waals surface area contributed by atoms with Gasteiger partial charge in [0.25, 0.3) is 0 Å². The van der Waals surface area contributed by atoms with E-state index < -0.39 is 0 Å². The second kappa shape index (κ2) is 8.08. The smallest absolute Gasteiger partial charge is 0.0443 e. The molecule has 0 unspecified atom stereocenters. The zero-order chi connectivity index (χ0) is 10.9. The average molecular weight is 214 g/mol. The van der Waals surface area contributed by atoms with Crippen LogP contribution in [0.2, 0.25) is 0 Å². The van der Waals surface area contributed by atoms with Crippen LogP contribution in [0.15, 0.2) is 0 Å². The quantitative estimate of drug-likeness (QED) is 0.672. The van der Waals surface area contributed by atoms with Crippen molar-refractivity contribution in [2.45, 2.75) is 51.0 Å². The SMILES string of the molecule is NCCCN(CCCO)C1CCCCC1. The number of aliphatic hydroxyl groups is 1. The van der Waals surface area contributed by atoms with Crippen LogP contribution in [-0.2, 0) is 0 Å². The van der Waals surface area contributed by atoms with Crippen LogP contribution in [0.3, 0.4) is 0 Å². The average Bonchev–Trinajstić information content (AvgIpc) is 2.30. The Balaban J connectivity index is 2.30. The van der Waals surface area contributed by atoms with Crippen LogP contribution in [0.4, 0.5) is 0 Å². The monoisotopic (exact) mass is 214 g/mol. The Morgan fingerprint density at radius 2 is 1.73 bits per heavy atom. The van der Waals surface area contributed by atoms with Gasteiger partial charge in [-0.3, -0.25) is 0 Å². The van der Waals surface area contributed by atoms with E-state index in [9.17, 15) is 0 Å². The van der Waals surface area contributed by atoms with Gasteiger partial charge in [0.1, 0.15) is 0 Å². The summed E-state index contributed by atoms with van der Waals surface area (Å²) in [4.78, 5) is 2.54. The van der Waals surface area contributed by atoms with Crippen molar-refractivity contribution in [1.29, 1.82) is 0 Å². The van der Waals surface area contributed by atoms with Crippen molar-refractivity contribution in [3.05, 3.63) is 0 Å². The van der Waals surface area contributed by atoms with Crippen LogP contribution in [0.25, 0.3) is 0 Å². The van der Waals surface area contributed by atoms with Crippen molar-refractivity contribution < 1.29 is 5.11 Å². The molecule has 0 spiro atoms. The summed E-state index contributed by atoms with van der Waals surface area (Å²) < 4.78 is 0. The van der Waals surface area contributed by atoms with Gasteiger partial charge in [-0.1, -0.05) is 19.3 Å². The van der Waals surface area contributed by atoms with Crippen molar-refractivity contribution >= 4 is 0 Å². The highest BCUT2D eigenvalue weighted by molar-refractivity contribution is 4.75. The predicted octanol–water partition coefficient (Wildman–Crippen LogP) is 1.35. The van der Waals surface area contributed by atoms with Crippen molar-refractivity contribution in [3.63, 3.8) is 0 Å². The van der Waals surface area contributed by atoms with E-state index in [1.54, 1.807) is 0 Å². The molecule has 0 atom stereocenters. The standard InChI is InChI=1S/C12H26N2O/c13-8-4-9-14(10-5-11-15)12-6-2-1-3-7-12/h12,15H,1-11,13H2. The molecule has 1 rings (SSSR count). The predicted molar refractivity (Wildman–Crippen MR) is 63.8 cm³/mol. The van der Waals surface area contributed by atoms with Crippen molar-refractivity contribution in [3.8, 4) is 0 Å². The molecule has 0 aromatic rings. The molecule has 3 heteroatoms. The third-order valence-electron chi connectivity index (χ3n) is 3.34. The molecule has 3 N–H and O–H groups in total. The Morgan fingerprint density at radius 1 is 1.07 bits per heavy atom. The van der Waals surface area contributed by atoms with Gasteiger partial charge in [0, 0.05) is 19.2 Å². The van der Waals surface area contributed by atoms with Crippen LogP contribution in [-0.4, -0.2) is 42.3 Å². The maximum atomic E-state index is 8.89. The molecule has 0 aromatic carbocycles. The fourth-order valence-corrected chi connectivity index (χ4v) is 2.49. The number of rotatable bonds is 7. The lowest BCUT2D eigenvalue weighted by Crippen LogP contribution is -2.39. The molecular formula is C12H26N2O. The van der Waals surface area contributed by atoms with Gasteiger partial charge in [-0.25, -0.2) is 0 Å². The van der Waals surface area contributed by atoms with E-state index in [0.717, 1.165) is 38.5 Å². The molecule has 15 heavy (non-hydrogen) atoms. The Morgan fingerprint density at radius 3 is 2.33 bits per heavy atom. The Bertz CT molecular complexity index is 139. The molecule has 3 nitrogen and oxygen atoms in total. The van der Waals surface area contributed by atoms with Gasteiger partial charge in [-0.05, 0) is 38.8 Å². The van der Waals surface area contributed by atoms with E-state index in [2.05, 4.69) is 4.90 Å². The second-order valence-corrected chi connectivity index (χ2v) is 4.55. The molecule has 0 aliphatic heterocycles. The van der Waals surface area contributed by atoms with Crippen LogP contribution < -0.4 is 5.73 Å². The fraction of sp³-hybridized carbons (Fsp3) is 1.00. The summed E-state index contributed by atoms with van der Waals surface area (Å²) in [5.41, 5.74) is 5.56. The van der Waals surface area contributed by atoms with E-state index >= 15 is 0 Å². The first kappa shape index (κ1) is 12.9. The highest BCUT2D eigenvalue weighted by atomic mass is 16.3. The summed E-state index contributed by atoms with van der Waals surface area (Å²) in [6.45, 7) is 3.25. The first-order valence-corrected chi connectivity index (χ1v) is 6.43. The van der Waals surface area contributed by atoms with Crippen LogP contribution >= 0.6 is 0 Å². The molecule has 1 aliphatic rings. The third-order valence-corrected chi connectivity index (χ3v) is 3.34. The second-order valence-electron chi connectivity index (χ2n) is 4.55. The maximum absolute atomic E-state index is 8.89. The number of aliphatic hydroxyl groups excluding tert-OH is 1. The molecule has 0 heterocycles. The van der Waals surface area contributed by atoms with Gasteiger partial charge in [-0.2, -0.15) is 0 Å². The van der Waals surface area contributed by atoms with E-state index in [1.807, 2.05) is 0 Å². The first-order chi connectivity index (χ1) is 7.38. The normalized spacial score (nSPS) is 18.6. The minimum atomic E-state index is 0.311. The van der Waals surface area contributed by atoms with Gasteiger partial charge in [0.2, 0.25) is 0 Å². The Hall–Kier alpha value is -0.120. The van der Waals surface area contributed by atoms with Crippen LogP contribution in [0, 0.1) is 0 Å². The van der Waals surface area contributed by atoms with Crippen molar-refractivity contribution in [1.82, 2.24) is 4.90 Å². The van der Waals surface area contributed by atoms with Gasteiger partial charge in [0.15, 0.2) is 0 Å². The maximum Gasteiger partial charge on any atom is 0.0443 e. The number of nitrogens with two attached hydrogens (primary N) is 1. The van der Waals surface area contributed by atoms with E-state index in [0.29, 0.717) is 6.61 Å². The molecular weight excluding hydrogens is 188 g/mol. The van der Waals surface area contributed by atoms with Crippen LogP contribution in [0.5, 0.6) is 0 Å². The molecule has 1 aliphatic carbocycles. The zero-order valence-electron chi connectivity index (χ0n) is 9.83. The lowest BCUT2D eigenvalue weighted by molar-refractivity contribution is 0.141. The van der Waals surface area contributed by atoms with Gasteiger partial charge >= 0.3 is 0 Å². The zero-order valence-corrected chi connectivity index (χ0v) is 9.83. The van der Waals surface area contributed by atoms with E-state index in [-0.39, 0.29) is 0 Å². The van der Waals surface area contributed by atoms with E-state index in [4.69, 9.17) is 10.8 Å². The lowest BCUT2D eigenvalue weighted by Gasteiger charge is -2.34. The summed E-state index contributed by atoms with van der Waals surface area (Å²) in [5, 5.41) is 8.89. The molecule has 0 aromatic heterocycles. The minimum Gasteiger partial charge on any atom is -0.396 e. The highest BCUT2D eigenvalue weighted by Crippen LogP contribution is 2.22. The van der Waals surface area contributed by atoms with E-state index in [1.165, 1.54) is 32.1 Å². The fourth-order valence-electron chi connectivity index (χ4n) is 2.49. The molecule has 0 saturated heterocycles. The minimum absolute atomic E-state index is 0.311. The number of hydrogen-bond acceptors (Lipinski definition) is 3. The molecule has 1 fully saturated rings. The van der Waals surface area contributed by atoms with Gasteiger partial charge in [-0.15, -0.1) is 0 Å². The largest absolute Gasteiger partial charge is 0.396 e. The topological polar surface area (TPSA) is 49.5 Å². The molecule has 90 valence electrons. The molecule has 0 amide bonds. The van der Waals surface area contributed by atoms with Crippen molar-refractivity contribution in [2.75, 3.05) is 26.2 Å². The highest BCUT2D eigenvalue weighted by Gasteiger charge is 2.19. The third kappa shape index (κ3) is 4.96. The van der Waals surface area contributed by atoms with Crippen molar-refractivity contribution in [2.24, 2.45) is 5.73 Å².